The minimum absolute atomic E-state index is 0.0381. The van der Waals surface area contributed by atoms with Crippen molar-refractivity contribution in [3.63, 3.8) is 0 Å². The summed E-state index contributed by atoms with van der Waals surface area (Å²) in [5, 5.41) is 12.1. The highest BCUT2D eigenvalue weighted by atomic mass is 16.2. The number of nitrogens with two attached hydrogens (primary N) is 1. The second-order valence-corrected chi connectivity index (χ2v) is 4.05. The van der Waals surface area contributed by atoms with Crippen LogP contribution < -0.4 is 27.0 Å². The van der Waals surface area contributed by atoms with E-state index >= 15 is 0 Å². The zero-order chi connectivity index (χ0) is 13.1. The van der Waals surface area contributed by atoms with E-state index < -0.39 is 0 Å². The first-order chi connectivity index (χ1) is 8.19. The molecule has 0 aromatic rings. The molecular weight excluding hydrogens is 218 g/mol. The topological polar surface area (TPSA) is 91.2 Å². The van der Waals surface area contributed by atoms with Crippen LogP contribution in [0.5, 0.6) is 0 Å². The molecule has 6 N–H and O–H groups in total. The zero-order valence-corrected chi connectivity index (χ0v) is 11.2. The highest BCUT2D eigenvalue weighted by Crippen LogP contribution is 1.94. The molecule has 0 aliphatic heterocycles. The summed E-state index contributed by atoms with van der Waals surface area (Å²) in [6.07, 6.45) is 2.12. The molecule has 0 spiro atoms. The Morgan fingerprint density at radius 1 is 1.24 bits per heavy atom. The molecule has 2 atom stereocenters. The van der Waals surface area contributed by atoms with E-state index in [-0.39, 0.29) is 11.9 Å². The summed E-state index contributed by atoms with van der Waals surface area (Å²) in [6.45, 7) is 1.94. The molecule has 0 aliphatic carbocycles. The van der Waals surface area contributed by atoms with Crippen molar-refractivity contribution in [2.24, 2.45) is 5.73 Å². The Balaban J connectivity index is 3.84. The maximum Gasteiger partial charge on any atom is 0.238 e. The van der Waals surface area contributed by atoms with Crippen molar-refractivity contribution in [2.75, 3.05) is 40.8 Å². The quantitative estimate of drug-likeness (QED) is 0.294. The number of likely N-dealkylation sites (N-methyl/N-ethyl adjacent to an activating group) is 2. The third-order valence-corrected chi connectivity index (χ3v) is 2.81. The average molecular weight is 245 g/mol. The fourth-order valence-electron chi connectivity index (χ4n) is 1.58. The van der Waals surface area contributed by atoms with Gasteiger partial charge in [0.25, 0.3) is 0 Å². The number of carbonyl (C=O) groups is 1. The van der Waals surface area contributed by atoms with Gasteiger partial charge in [-0.3, -0.25) is 4.79 Å². The number of carbonyl (C=O) groups excluding carboxylic acids is 1. The van der Waals surface area contributed by atoms with Gasteiger partial charge in [0, 0.05) is 19.1 Å². The van der Waals surface area contributed by atoms with Crippen molar-refractivity contribution >= 4 is 5.91 Å². The van der Waals surface area contributed by atoms with E-state index in [1.54, 1.807) is 7.05 Å². The molecule has 1 amide bonds. The lowest BCUT2D eigenvalue weighted by atomic mass is 10.1. The van der Waals surface area contributed by atoms with E-state index in [4.69, 9.17) is 5.73 Å². The first kappa shape index (κ1) is 16.3. The molecule has 0 rings (SSSR count). The fraction of sp³-hybridized carbons (Fsp3) is 0.909. The predicted octanol–water partition coefficient (Wildman–Crippen LogP) is -1.76. The molecule has 0 heterocycles. The van der Waals surface area contributed by atoms with Crippen LogP contribution in [0, 0.1) is 0 Å². The van der Waals surface area contributed by atoms with Gasteiger partial charge >= 0.3 is 0 Å². The molecule has 0 fully saturated rings. The molecule has 0 aromatic carbocycles. The van der Waals surface area contributed by atoms with Gasteiger partial charge in [-0.15, -0.1) is 0 Å². The third-order valence-electron chi connectivity index (χ3n) is 2.81. The summed E-state index contributed by atoms with van der Waals surface area (Å²) in [6, 6.07) is 0.00685. The smallest absolute Gasteiger partial charge is 0.238 e. The van der Waals surface area contributed by atoms with Crippen LogP contribution in [0.2, 0.25) is 0 Å². The monoisotopic (exact) mass is 245 g/mol. The molecule has 17 heavy (non-hydrogen) atoms. The normalized spacial score (nSPS) is 14.4. The molecule has 0 saturated carbocycles. The largest absolute Gasteiger partial charge is 0.353 e. The molecule has 102 valence electrons. The predicted molar refractivity (Wildman–Crippen MR) is 70.9 cm³/mol. The van der Waals surface area contributed by atoms with Crippen molar-refractivity contribution in [2.45, 2.75) is 24.9 Å². The highest BCUT2D eigenvalue weighted by molar-refractivity contribution is 5.81. The van der Waals surface area contributed by atoms with Crippen molar-refractivity contribution in [3.8, 4) is 0 Å². The van der Waals surface area contributed by atoms with Crippen molar-refractivity contribution in [3.05, 3.63) is 0 Å². The summed E-state index contributed by atoms with van der Waals surface area (Å²) >= 11 is 0. The van der Waals surface area contributed by atoms with E-state index in [9.17, 15) is 4.79 Å². The number of amides is 1. The van der Waals surface area contributed by atoms with Crippen LogP contribution >= 0.6 is 0 Å². The summed E-state index contributed by atoms with van der Waals surface area (Å²) in [7, 11) is 5.59. The SMILES string of the molecule is CNCCC[C@@H](CNC(=O)C(CN)NC)NC. The van der Waals surface area contributed by atoms with Crippen LogP contribution in [-0.2, 0) is 4.79 Å². The van der Waals surface area contributed by atoms with Crippen LogP contribution in [-0.4, -0.2) is 58.8 Å². The van der Waals surface area contributed by atoms with Crippen LogP contribution in [0.4, 0.5) is 0 Å². The van der Waals surface area contributed by atoms with Gasteiger partial charge in [0.1, 0.15) is 0 Å². The lowest BCUT2D eigenvalue weighted by Crippen LogP contribution is -2.50. The van der Waals surface area contributed by atoms with Gasteiger partial charge in [0.2, 0.25) is 5.91 Å². The Bertz CT molecular complexity index is 196. The van der Waals surface area contributed by atoms with E-state index in [0.29, 0.717) is 19.1 Å². The molecule has 0 radical (unpaired) electrons. The van der Waals surface area contributed by atoms with Gasteiger partial charge < -0.3 is 27.0 Å². The fourth-order valence-corrected chi connectivity index (χ4v) is 1.58. The summed E-state index contributed by atoms with van der Waals surface area (Å²) in [4.78, 5) is 11.7. The number of nitrogens with one attached hydrogen (secondary N) is 4. The van der Waals surface area contributed by atoms with E-state index in [1.165, 1.54) is 0 Å². The van der Waals surface area contributed by atoms with Gasteiger partial charge in [-0.05, 0) is 40.5 Å². The number of hydrogen-bond acceptors (Lipinski definition) is 5. The van der Waals surface area contributed by atoms with Crippen molar-refractivity contribution < 1.29 is 4.79 Å². The highest BCUT2D eigenvalue weighted by Gasteiger charge is 2.15. The van der Waals surface area contributed by atoms with Crippen molar-refractivity contribution in [1.82, 2.24) is 21.3 Å². The van der Waals surface area contributed by atoms with Crippen LogP contribution in [0.1, 0.15) is 12.8 Å². The number of hydrogen-bond donors (Lipinski definition) is 5. The van der Waals surface area contributed by atoms with Gasteiger partial charge in [0.05, 0.1) is 6.04 Å². The first-order valence-electron chi connectivity index (χ1n) is 6.16. The van der Waals surface area contributed by atoms with Gasteiger partial charge in [-0.25, -0.2) is 0 Å². The molecule has 1 unspecified atom stereocenters. The lowest BCUT2D eigenvalue weighted by Gasteiger charge is -2.19. The summed E-state index contributed by atoms with van der Waals surface area (Å²) in [5.74, 6) is -0.0381. The number of rotatable bonds is 10. The Labute approximate surface area is 104 Å². The molecule has 0 aromatic heterocycles. The average Bonchev–Trinajstić information content (AvgIpc) is 2.35. The molecule has 0 saturated heterocycles. The van der Waals surface area contributed by atoms with Gasteiger partial charge in [-0.1, -0.05) is 0 Å². The van der Waals surface area contributed by atoms with Crippen LogP contribution in [0.15, 0.2) is 0 Å². The van der Waals surface area contributed by atoms with E-state index in [1.807, 2.05) is 14.1 Å². The standard InChI is InChI=1S/C11H27N5O/c1-13-6-4-5-9(14-2)8-16-11(17)10(7-12)15-3/h9-10,13-15H,4-8,12H2,1-3H3,(H,16,17)/t9-,10?/m0/s1. The maximum absolute atomic E-state index is 11.7. The van der Waals surface area contributed by atoms with Crippen LogP contribution in [0.3, 0.4) is 0 Å². The summed E-state index contributed by atoms with van der Waals surface area (Å²) in [5.41, 5.74) is 5.47. The second-order valence-electron chi connectivity index (χ2n) is 4.05. The second kappa shape index (κ2) is 10.5. The van der Waals surface area contributed by atoms with E-state index in [0.717, 1.165) is 19.4 Å². The third kappa shape index (κ3) is 7.27. The van der Waals surface area contributed by atoms with Crippen molar-refractivity contribution in [1.29, 1.82) is 0 Å². The summed E-state index contributed by atoms with van der Waals surface area (Å²) < 4.78 is 0. The minimum atomic E-state index is -0.301. The Morgan fingerprint density at radius 3 is 2.41 bits per heavy atom. The Kier molecular flexibility index (Phi) is 10.0. The first-order valence-corrected chi connectivity index (χ1v) is 6.16. The van der Waals surface area contributed by atoms with Gasteiger partial charge in [0.15, 0.2) is 0 Å². The maximum atomic E-state index is 11.7. The van der Waals surface area contributed by atoms with Gasteiger partial charge in [-0.2, -0.15) is 0 Å². The Morgan fingerprint density at radius 2 is 1.94 bits per heavy atom. The van der Waals surface area contributed by atoms with E-state index in [2.05, 4.69) is 21.3 Å². The molecular formula is C11H27N5O. The minimum Gasteiger partial charge on any atom is -0.353 e. The lowest BCUT2D eigenvalue weighted by molar-refractivity contribution is -0.122. The molecule has 0 bridgehead atoms. The zero-order valence-electron chi connectivity index (χ0n) is 11.2. The molecule has 0 aliphatic rings. The van der Waals surface area contributed by atoms with Crippen LogP contribution in [0.25, 0.3) is 0 Å². The molecule has 6 nitrogen and oxygen atoms in total. The molecule has 6 heteroatoms. The Hall–Kier alpha value is -0.690.